The van der Waals surface area contributed by atoms with Crippen LogP contribution in [-0.2, 0) is 42.0 Å². The van der Waals surface area contributed by atoms with Crippen molar-refractivity contribution in [3.63, 3.8) is 0 Å². The van der Waals surface area contributed by atoms with Crippen molar-refractivity contribution in [3.05, 3.63) is 100.0 Å². The largest absolute Gasteiger partial charge is 0.497 e. The third-order valence-corrected chi connectivity index (χ3v) is 10.9. The number of carbonyl (C=O) groups excluding carboxylic acids is 4. The van der Waals surface area contributed by atoms with Gasteiger partial charge in [0.2, 0.25) is 5.91 Å². The molecule has 0 spiro atoms. The summed E-state index contributed by atoms with van der Waals surface area (Å²) in [5, 5.41) is 19.7. The Morgan fingerprint density at radius 3 is 2.17 bits per heavy atom. The zero-order chi connectivity index (χ0) is 42.1. The van der Waals surface area contributed by atoms with E-state index in [1.807, 2.05) is 24.3 Å². The number of nitrogens with one attached hydrogen (secondary N) is 2. The third kappa shape index (κ3) is 10.0. The molecule has 1 saturated heterocycles. The number of aliphatic carboxylic acids is 1. The number of fused-ring (bicyclic) bond motifs is 1. The second kappa shape index (κ2) is 19.4. The maximum Gasteiger partial charge on any atom is 0.357 e. The fraction of sp³-hybridized carbons (Fsp3) is 0.263. The monoisotopic (exact) mass is 866 g/mol. The van der Waals surface area contributed by atoms with E-state index >= 15 is 0 Å². The van der Waals surface area contributed by atoms with Crippen molar-refractivity contribution in [3.8, 4) is 23.0 Å². The van der Waals surface area contributed by atoms with Gasteiger partial charge in [0.1, 0.15) is 67.1 Å². The Morgan fingerprint density at radius 2 is 1.58 bits per heavy atom. The summed E-state index contributed by atoms with van der Waals surface area (Å²) in [5.74, 6) is -2.82. The predicted molar refractivity (Wildman–Crippen MR) is 214 cm³/mol. The van der Waals surface area contributed by atoms with Crippen LogP contribution in [0.5, 0.6) is 23.0 Å². The number of oxime groups is 1. The minimum absolute atomic E-state index is 0.0479. The number of pyridine rings is 1. The van der Waals surface area contributed by atoms with Gasteiger partial charge in [0.25, 0.3) is 11.8 Å². The Morgan fingerprint density at radius 1 is 0.932 bits per heavy atom. The second-order valence-corrected chi connectivity index (χ2v) is 14.6. The minimum atomic E-state index is -1.43. The summed E-state index contributed by atoms with van der Waals surface area (Å²) in [5.41, 5.74) is 1.04. The van der Waals surface area contributed by atoms with Crippen molar-refractivity contribution in [2.75, 3.05) is 44.9 Å². The van der Waals surface area contributed by atoms with Crippen LogP contribution in [0, 0.1) is 0 Å². The lowest BCUT2D eigenvalue weighted by atomic mass is 10.0. The molecule has 0 unspecified atom stereocenters. The number of halogens is 1. The number of thioether (sulfide) groups is 1. The van der Waals surface area contributed by atoms with Crippen LogP contribution >= 0.6 is 34.7 Å². The molecular formula is C38H35ClN6O12S2. The van der Waals surface area contributed by atoms with Gasteiger partial charge in [-0.05, 0) is 35.4 Å². The Kier molecular flexibility index (Phi) is 13.9. The van der Waals surface area contributed by atoms with Gasteiger partial charge in [0, 0.05) is 22.8 Å². The molecule has 0 saturated carbocycles. The number of carbonyl (C=O) groups is 5. The van der Waals surface area contributed by atoms with Crippen LogP contribution in [-0.4, -0.2) is 106 Å². The normalized spacial score (nSPS) is 16.0. The van der Waals surface area contributed by atoms with Gasteiger partial charge >= 0.3 is 11.9 Å². The summed E-state index contributed by atoms with van der Waals surface area (Å²) < 4.78 is 28.1. The number of hydrogen-bond acceptors (Lipinski definition) is 16. The molecule has 1 fully saturated rings. The molecule has 4 heterocycles. The average molecular weight is 867 g/mol. The van der Waals surface area contributed by atoms with E-state index in [-0.39, 0.29) is 69.8 Å². The van der Waals surface area contributed by atoms with E-state index in [4.69, 9.17) is 40.1 Å². The van der Waals surface area contributed by atoms with E-state index in [9.17, 15) is 29.1 Å². The standard InChI is InChI=1S/C38H35ClN6O12S2/c1-52-23-8-4-20(5-9-23)15-55-27-12-25(40-14-28(27)56-16-21-6-10-24(53-2)11-7-21)37(51)57-17-22-18-58-35-31(34(48)45(35)32(22)36(49)50)43-33(47)30(44-54-3)26-19-59-38(41-26)42-29(46)13-39/h4-12,14,19,31,35H,13,15-18H2,1-3H3,(H,43,47)(H,49,50)(H,41,42,46)/b44-30-/t31-,35-/m1/s1. The molecule has 21 heteroatoms. The van der Waals surface area contributed by atoms with Gasteiger partial charge in [-0.2, -0.15) is 0 Å². The molecule has 2 aliphatic heterocycles. The maximum absolute atomic E-state index is 13.4. The van der Waals surface area contributed by atoms with Gasteiger partial charge in [0.15, 0.2) is 28.0 Å². The zero-order valence-corrected chi connectivity index (χ0v) is 33.9. The molecule has 59 heavy (non-hydrogen) atoms. The first-order valence-electron chi connectivity index (χ1n) is 17.4. The smallest absolute Gasteiger partial charge is 0.357 e. The first-order chi connectivity index (χ1) is 28.5. The number of carboxylic acid groups (broad SMARTS) is 1. The van der Waals surface area contributed by atoms with Crippen LogP contribution < -0.4 is 29.6 Å². The van der Waals surface area contributed by atoms with Crippen molar-refractivity contribution >= 4 is 75.2 Å². The number of nitrogens with zero attached hydrogens (tertiary/aromatic N) is 4. The molecule has 18 nitrogen and oxygen atoms in total. The predicted octanol–water partition coefficient (Wildman–Crippen LogP) is 3.84. The lowest BCUT2D eigenvalue weighted by Crippen LogP contribution is -2.71. The van der Waals surface area contributed by atoms with E-state index in [1.54, 1.807) is 38.5 Å². The number of β-lactam (4-membered cyclic amide) rings is 1. The number of rotatable bonds is 18. The van der Waals surface area contributed by atoms with E-state index < -0.39 is 47.7 Å². The van der Waals surface area contributed by atoms with Crippen LogP contribution in [0.15, 0.2) is 82.6 Å². The lowest BCUT2D eigenvalue weighted by molar-refractivity contribution is -0.150. The number of aromatic nitrogens is 2. The molecule has 3 amide bonds. The molecule has 0 radical (unpaired) electrons. The molecule has 2 aromatic heterocycles. The van der Waals surface area contributed by atoms with Gasteiger partial charge in [-0.15, -0.1) is 34.7 Å². The van der Waals surface area contributed by atoms with Crippen molar-refractivity contribution in [1.29, 1.82) is 0 Å². The van der Waals surface area contributed by atoms with Gasteiger partial charge in [-0.1, -0.05) is 29.4 Å². The molecule has 0 aliphatic carbocycles. The summed E-state index contributed by atoms with van der Waals surface area (Å²) >= 11 is 7.70. The van der Waals surface area contributed by atoms with Crippen LogP contribution in [0.25, 0.3) is 0 Å². The number of thiazole rings is 1. The third-order valence-electron chi connectivity index (χ3n) is 8.57. The molecule has 3 N–H and O–H groups in total. The van der Waals surface area contributed by atoms with Gasteiger partial charge in [-0.3, -0.25) is 19.3 Å². The van der Waals surface area contributed by atoms with Gasteiger partial charge in [0.05, 0.1) is 20.4 Å². The summed E-state index contributed by atoms with van der Waals surface area (Å²) in [6, 6.07) is 14.7. The fourth-order valence-electron chi connectivity index (χ4n) is 5.64. The number of methoxy groups -OCH3 is 2. The van der Waals surface area contributed by atoms with Crippen LogP contribution in [0.1, 0.15) is 27.3 Å². The van der Waals surface area contributed by atoms with Crippen molar-refractivity contribution in [1.82, 2.24) is 20.2 Å². The Bertz CT molecular complexity index is 2290. The second-order valence-electron chi connectivity index (χ2n) is 12.3. The quantitative estimate of drug-likeness (QED) is 0.0425. The highest BCUT2D eigenvalue weighted by Gasteiger charge is 2.54. The van der Waals surface area contributed by atoms with E-state index in [0.717, 1.165) is 39.1 Å². The number of carboxylic acids is 1. The summed E-state index contributed by atoms with van der Waals surface area (Å²) in [6.45, 7) is -0.206. The van der Waals surface area contributed by atoms with Gasteiger partial charge in [-0.25, -0.2) is 19.6 Å². The van der Waals surface area contributed by atoms with Crippen molar-refractivity contribution < 1.29 is 57.6 Å². The maximum atomic E-state index is 13.4. The van der Waals surface area contributed by atoms with E-state index in [0.29, 0.717) is 11.5 Å². The highest BCUT2D eigenvalue weighted by atomic mass is 35.5. The number of anilines is 1. The number of esters is 1. The highest BCUT2D eigenvalue weighted by Crippen LogP contribution is 2.40. The molecule has 0 bridgehead atoms. The topological polar surface area (TPSA) is 226 Å². The van der Waals surface area contributed by atoms with Crippen molar-refractivity contribution in [2.45, 2.75) is 24.6 Å². The Labute approximate surface area is 349 Å². The number of hydrogen-bond donors (Lipinski definition) is 3. The number of ether oxygens (including phenoxy) is 5. The van der Waals surface area contributed by atoms with Crippen LogP contribution in [0.2, 0.25) is 0 Å². The minimum Gasteiger partial charge on any atom is -0.497 e. The molecule has 2 aliphatic rings. The zero-order valence-electron chi connectivity index (χ0n) is 31.5. The molecule has 2 aromatic carbocycles. The van der Waals surface area contributed by atoms with Gasteiger partial charge < -0.3 is 44.3 Å². The lowest BCUT2D eigenvalue weighted by Gasteiger charge is -2.49. The molecular weight excluding hydrogens is 832 g/mol. The highest BCUT2D eigenvalue weighted by molar-refractivity contribution is 8.00. The number of amides is 3. The first-order valence-corrected chi connectivity index (χ1v) is 19.8. The Balaban J connectivity index is 1.13. The molecule has 308 valence electrons. The average Bonchev–Trinajstić information content (AvgIpc) is 3.72. The molecule has 4 aromatic rings. The SMILES string of the molecule is CO/N=C(\C(=O)N[C@@H]1C(=O)N2C(C(=O)O)=C(COC(=O)c3cc(OCc4ccc(OC)cc4)c(OCc4ccc(OC)cc4)cn3)CS[C@H]12)c1csc(NC(=O)CCl)n1. The molecule has 2 atom stereocenters. The fourth-order valence-corrected chi connectivity index (χ4v) is 7.75. The number of alkyl halides is 1. The van der Waals surface area contributed by atoms with E-state index in [2.05, 4.69) is 25.8 Å². The summed E-state index contributed by atoms with van der Waals surface area (Å²) in [6.07, 6.45) is 1.33. The summed E-state index contributed by atoms with van der Waals surface area (Å²) in [4.78, 5) is 78.4. The number of benzene rings is 2. The van der Waals surface area contributed by atoms with Crippen molar-refractivity contribution in [2.24, 2.45) is 5.16 Å². The first kappa shape index (κ1) is 42.2. The van der Waals surface area contributed by atoms with E-state index in [1.165, 1.54) is 24.8 Å². The van der Waals surface area contributed by atoms with Crippen LogP contribution in [0.4, 0.5) is 5.13 Å². The molecule has 6 rings (SSSR count). The Hall–Kier alpha value is -6.38. The van der Waals surface area contributed by atoms with Crippen LogP contribution in [0.3, 0.4) is 0 Å². The summed E-state index contributed by atoms with van der Waals surface area (Å²) in [7, 11) is 4.35.